The van der Waals surface area contributed by atoms with Gasteiger partial charge in [0.05, 0.1) is 0 Å². The predicted octanol–water partition coefficient (Wildman–Crippen LogP) is 4.13. The highest BCUT2D eigenvalue weighted by atomic mass is 127. The minimum Gasteiger partial charge on any atom is -0.352 e. The van der Waals surface area contributed by atoms with E-state index in [1.165, 1.54) is 32.1 Å². The van der Waals surface area contributed by atoms with Crippen molar-refractivity contribution in [2.75, 3.05) is 33.2 Å². The molecule has 2 saturated heterocycles. The number of nitrogens with zero attached hydrogens (tertiary/aromatic N) is 3. The number of halogens is 1. The summed E-state index contributed by atoms with van der Waals surface area (Å²) in [5, 5.41) is 3.53. The van der Waals surface area contributed by atoms with Crippen molar-refractivity contribution in [3.05, 3.63) is 35.4 Å². The summed E-state index contributed by atoms with van der Waals surface area (Å²) in [5.41, 5.74) is 1.95. The monoisotopic (exact) mass is 510 g/mol. The first-order valence-corrected chi connectivity index (χ1v) is 11.1. The third-order valence-corrected chi connectivity index (χ3v) is 6.76. The van der Waals surface area contributed by atoms with Crippen LogP contribution < -0.4 is 5.32 Å². The number of fused-ring (bicyclic) bond motifs is 1. The maximum absolute atomic E-state index is 12.8. The number of likely N-dealkylation sites (tertiary alicyclic amines) is 2. The van der Waals surface area contributed by atoms with Gasteiger partial charge in [-0.05, 0) is 61.6 Å². The zero-order chi connectivity index (χ0) is 19.3. The van der Waals surface area contributed by atoms with Crippen molar-refractivity contribution in [2.45, 2.75) is 51.5 Å². The van der Waals surface area contributed by atoms with E-state index in [0.29, 0.717) is 6.54 Å². The van der Waals surface area contributed by atoms with Crippen molar-refractivity contribution >= 4 is 35.8 Å². The first-order valence-electron chi connectivity index (χ1n) is 11.1. The van der Waals surface area contributed by atoms with E-state index in [1.54, 1.807) is 0 Å². The maximum Gasteiger partial charge on any atom is 0.253 e. The molecule has 4 rings (SSSR count). The number of nitrogens with one attached hydrogen (secondary N) is 1. The molecule has 2 aliphatic heterocycles. The molecular formula is C23H35IN4O. The van der Waals surface area contributed by atoms with Crippen LogP contribution in [0.2, 0.25) is 0 Å². The van der Waals surface area contributed by atoms with E-state index in [2.05, 4.69) is 21.3 Å². The van der Waals surface area contributed by atoms with Gasteiger partial charge in [0.2, 0.25) is 0 Å². The Morgan fingerprint density at radius 3 is 2.38 bits per heavy atom. The molecule has 1 aromatic carbocycles. The Hall–Kier alpha value is -1.31. The Balaban J connectivity index is 0.00000240. The van der Waals surface area contributed by atoms with Gasteiger partial charge in [0.25, 0.3) is 5.91 Å². The molecule has 6 heteroatoms. The largest absolute Gasteiger partial charge is 0.352 e. The van der Waals surface area contributed by atoms with Crippen LogP contribution in [-0.2, 0) is 6.54 Å². The Morgan fingerprint density at radius 1 is 1.03 bits per heavy atom. The molecule has 3 aliphatic rings. The number of aliphatic imine (C=N–C) groups is 1. The van der Waals surface area contributed by atoms with Crippen LogP contribution in [0.3, 0.4) is 0 Å². The zero-order valence-electron chi connectivity index (χ0n) is 17.6. The minimum atomic E-state index is 0. The summed E-state index contributed by atoms with van der Waals surface area (Å²) >= 11 is 0. The lowest BCUT2D eigenvalue weighted by Gasteiger charge is -2.27. The average Bonchev–Trinajstić information content (AvgIpc) is 3.18. The van der Waals surface area contributed by atoms with Gasteiger partial charge in [0.15, 0.2) is 5.96 Å². The van der Waals surface area contributed by atoms with Crippen LogP contribution in [0, 0.1) is 11.8 Å². The lowest BCUT2D eigenvalue weighted by Crippen LogP contribution is -2.40. The summed E-state index contributed by atoms with van der Waals surface area (Å²) < 4.78 is 0. The summed E-state index contributed by atoms with van der Waals surface area (Å²) in [6, 6.07) is 8.08. The molecule has 1 aromatic rings. The van der Waals surface area contributed by atoms with Crippen LogP contribution in [0.4, 0.5) is 0 Å². The standard InChI is InChI=1S/C23H34N4O.HI/c1-24-23(27-16-20-9-3-4-10-21(20)17-27)25-15-18-8-7-11-19(14-18)22(28)26-12-5-2-6-13-26;/h7-8,11,14,20-21H,2-6,9-10,12-13,15-17H2,1H3,(H,24,25);1H. The summed E-state index contributed by atoms with van der Waals surface area (Å²) in [4.78, 5) is 21.7. The third-order valence-electron chi connectivity index (χ3n) is 6.76. The Kier molecular flexibility index (Phi) is 8.21. The number of guanidine groups is 1. The molecule has 29 heavy (non-hydrogen) atoms. The molecular weight excluding hydrogens is 475 g/mol. The van der Waals surface area contributed by atoms with Crippen molar-refractivity contribution in [3.63, 3.8) is 0 Å². The molecule has 0 spiro atoms. The van der Waals surface area contributed by atoms with Crippen LogP contribution in [0.15, 0.2) is 29.3 Å². The number of carbonyl (C=O) groups is 1. The third kappa shape index (κ3) is 5.44. The number of benzene rings is 1. The quantitative estimate of drug-likeness (QED) is 0.378. The van der Waals surface area contributed by atoms with Crippen LogP contribution >= 0.6 is 24.0 Å². The fourth-order valence-corrected chi connectivity index (χ4v) is 5.19. The SMILES string of the molecule is CN=C(NCc1cccc(C(=O)N2CCCCC2)c1)N1CC2CCCCC2C1.I. The number of carbonyl (C=O) groups excluding carboxylic acids is 1. The number of rotatable bonds is 3. The van der Waals surface area contributed by atoms with Crippen molar-refractivity contribution in [2.24, 2.45) is 16.8 Å². The first kappa shape index (κ1) is 22.4. The van der Waals surface area contributed by atoms with Gasteiger partial charge in [-0.2, -0.15) is 0 Å². The molecule has 3 fully saturated rings. The normalized spacial score (nSPS) is 24.7. The van der Waals surface area contributed by atoms with Gasteiger partial charge in [-0.3, -0.25) is 9.79 Å². The highest BCUT2D eigenvalue weighted by molar-refractivity contribution is 14.0. The number of amides is 1. The predicted molar refractivity (Wildman–Crippen MR) is 129 cm³/mol. The highest BCUT2D eigenvalue weighted by Crippen LogP contribution is 2.35. The van der Waals surface area contributed by atoms with E-state index in [9.17, 15) is 4.79 Å². The topological polar surface area (TPSA) is 47.9 Å². The molecule has 0 bridgehead atoms. The van der Waals surface area contributed by atoms with Crippen LogP contribution in [0.25, 0.3) is 0 Å². The van der Waals surface area contributed by atoms with Crippen molar-refractivity contribution in [1.29, 1.82) is 0 Å². The van der Waals surface area contributed by atoms with Gasteiger partial charge >= 0.3 is 0 Å². The second-order valence-electron chi connectivity index (χ2n) is 8.66. The van der Waals surface area contributed by atoms with Crippen LogP contribution in [0.5, 0.6) is 0 Å². The summed E-state index contributed by atoms with van der Waals surface area (Å²) in [5.74, 6) is 2.87. The van der Waals surface area contributed by atoms with Gasteiger partial charge in [-0.25, -0.2) is 0 Å². The van der Waals surface area contributed by atoms with Crippen LogP contribution in [-0.4, -0.2) is 54.9 Å². The minimum absolute atomic E-state index is 0. The van der Waals surface area contributed by atoms with E-state index in [4.69, 9.17) is 0 Å². The molecule has 1 N–H and O–H groups in total. The highest BCUT2D eigenvalue weighted by Gasteiger charge is 2.35. The number of piperidine rings is 1. The summed E-state index contributed by atoms with van der Waals surface area (Å²) in [7, 11) is 1.88. The van der Waals surface area contributed by atoms with E-state index in [0.717, 1.165) is 67.9 Å². The second kappa shape index (κ2) is 10.6. The van der Waals surface area contributed by atoms with Crippen molar-refractivity contribution in [1.82, 2.24) is 15.1 Å². The summed E-state index contributed by atoms with van der Waals surface area (Å²) in [6.07, 6.45) is 9.02. The second-order valence-corrected chi connectivity index (χ2v) is 8.66. The van der Waals surface area contributed by atoms with Gasteiger partial charge in [0, 0.05) is 45.3 Å². The molecule has 5 nitrogen and oxygen atoms in total. The maximum atomic E-state index is 12.8. The zero-order valence-corrected chi connectivity index (χ0v) is 19.9. The smallest absolute Gasteiger partial charge is 0.253 e. The molecule has 0 aromatic heterocycles. The van der Waals surface area contributed by atoms with Gasteiger partial charge in [-0.1, -0.05) is 25.0 Å². The first-order chi connectivity index (χ1) is 13.7. The van der Waals surface area contributed by atoms with E-state index in [1.807, 2.05) is 30.1 Å². The molecule has 2 unspecified atom stereocenters. The Morgan fingerprint density at radius 2 is 1.72 bits per heavy atom. The van der Waals surface area contributed by atoms with E-state index >= 15 is 0 Å². The lowest BCUT2D eigenvalue weighted by molar-refractivity contribution is 0.0724. The molecule has 2 atom stereocenters. The lowest BCUT2D eigenvalue weighted by atomic mass is 9.82. The molecule has 1 saturated carbocycles. The number of hydrogen-bond donors (Lipinski definition) is 1. The summed E-state index contributed by atoms with van der Waals surface area (Å²) in [6.45, 7) is 4.77. The fraction of sp³-hybridized carbons (Fsp3) is 0.652. The molecule has 160 valence electrons. The van der Waals surface area contributed by atoms with Gasteiger partial charge < -0.3 is 15.1 Å². The molecule has 1 aliphatic carbocycles. The van der Waals surface area contributed by atoms with Crippen molar-refractivity contribution in [3.8, 4) is 0 Å². The fourth-order valence-electron chi connectivity index (χ4n) is 5.19. The van der Waals surface area contributed by atoms with E-state index < -0.39 is 0 Å². The van der Waals surface area contributed by atoms with Gasteiger partial charge in [0.1, 0.15) is 0 Å². The number of hydrogen-bond acceptors (Lipinski definition) is 2. The van der Waals surface area contributed by atoms with Crippen molar-refractivity contribution < 1.29 is 4.79 Å². The molecule has 0 radical (unpaired) electrons. The molecule has 2 heterocycles. The van der Waals surface area contributed by atoms with Crippen LogP contribution in [0.1, 0.15) is 60.9 Å². The Bertz CT molecular complexity index is 703. The van der Waals surface area contributed by atoms with Gasteiger partial charge in [-0.15, -0.1) is 24.0 Å². The molecule has 1 amide bonds. The average molecular weight is 510 g/mol. The Labute approximate surface area is 192 Å². The van der Waals surface area contributed by atoms with E-state index in [-0.39, 0.29) is 29.9 Å².